The molecule has 120 valence electrons. The molecule has 1 atom stereocenters. The Kier molecular flexibility index (Phi) is 4.90. The molecule has 0 spiro atoms. The number of carbonyl (C=O) groups is 2. The van der Waals surface area contributed by atoms with E-state index in [0.29, 0.717) is 28.4 Å². The maximum atomic E-state index is 14.0. The first kappa shape index (κ1) is 16.9. The third-order valence-corrected chi connectivity index (χ3v) is 3.84. The van der Waals surface area contributed by atoms with Gasteiger partial charge in [0.05, 0.1) is 6.04 Å². The van der Waals surface area contributed by atoms with Crippen LogP contribution in [0.3, 0.4) is 0 Å². The highest BCUT2D eigenvalue weighted by Gasteiger charge is 2.28. The van der Waals surface area contributed by atoms with Crippen molar-refractivity contribution >= 4 is 27.8 Å². The van der Waals surface area contributed by atoms with Gasteiger partial charge in [-0.1, -0.05) is 15.9 Å². The summed E-state index contributed by atoms with van der Waals surface area (Å²) in [5.74, 6) is -0.461. The maximum Gasteiger partial charge on any atom is 0.408 e. The topological polar surface area (TPSA) is 55.4 Å². The van der Waals surface area contributed by atoms with E-state index in [1.165, 1.54) is 6.07 Å². The van der Waals surface area contributed by atoms with Crippen molar-refractivity contribution in [1.29, 1.82) is 0 Å². The largest absolute Gasteiger partial charge is 0.444 e. The summed E-state index contributed by atoms with van der Waals surface area (Å²) < 4.78 is 19.8. The molecule has 0 saturated carbocycles. The van der Waals surface area contributed by atoms with Crippen molar-refractivity contribution in [1.82, 2.24) is 5.32 Å². The molecule has 1 aliphatic rings. The lowest BCUT2D eigenvalue weighted by Gasteiger charge is -2.22. The van der Waals surface area contributed by atoms with Crippen LogP contribution in [-0.2, 0) is 22.4 Å². The second-order valence-electron chi connectivity index (χ2n) is 6.41. The van der Waals surface area contributed by atoms with Crippen LogP contribution in [0.1, 0.15) is 38.3 Å². The first-order valence-corrected chi connectivity index (χ1v) is 7.94. The summed E-state index contributed by atoms with van der Waals surface area (Å²) in [7, 11) is 0. The van der Waals surface area contributed by atoms with Gasteiger partial charge in [0.2, 0.25) is 0 Å². The number of ketones is 1. The van der Waals surface area contributed by atoms with Gasteiger partial charge in [0.25, 0.3) is 0 Å². The summed E-state index contributed by atoms with van der Waals surface area (Å²) in [6, 6.07) is 2.50. The van der Waals surface area contributed by atoms with Crippen LogP contribution in [0.25, 0.3) is 0 Å². The average molecular weight is 372 g/mol. The zero-order valence-electron chi connectivity index (χ0n) is 12.8. The molecule has 0 radical (unpaired) electrons. The number of hydrogen-bond donors (Lipinski definition) is 1. The lowest BCUT2D eigenvalue weighted by molar-refractivity contribution is -0.120. The molecule has 0 saturated heterocycles. The Hall–Kier alpha value is -1.43. The predicted octanol–water partition coefficient (Wildman–Crippen LogP) is 3.54. The van der Waals surface area contributed by atoms with Crippen molar-refractivity contribution in [3.63, 3.8) is 0 Å². The van der Waals surface area contributed by atoms with Crippen LogP contribution in [0.4, 0.5) is 9.18 Å². The third kappa shape index (κ3) is 4.29. The number of carbonyl (C=O) groups excluding carboxylic acids is 2. The van der Waals surface area contributed by atoms with E-state index in [-0.39, 0.29) is 18.0 Å². The standard InChI is InChI=1S/C16H19BrFNO3/c1-16(2,3)22-15(21)19-13-5-4-11-9(7-14(13)20)6-10(17)8-12(11)18/h6,8,13H,4-5,7H2,1-3H3,(H,19,21)/t13-/m0/s1. The van der Waals surface area contributed by atoms with Gasteiger partial charge in [-0.25, -0.2) is 9.18 Å². The van der Waals surface area contributed by atoms with Crippen LogP contribution in [0.2, 0.25) is 0 Å². The fraction of sp³-hybridized carbons (Fsp3) is 0.500. The Morgan fingerprint density at radius 3 is 2.73 bits per heavy atom. The monoisotopic (exact) mass is 371 g/mol. The molecule has 1 N–H and O–H groups in total. The summed E-state index contributed by atoms with van der Waals surface area (Å²) in [4.78, 5) is 24.1. The number of rotatable bonds is 1. The van der Waals surface area contributed by atoms with Gasteiger partial charge >= 0.3 is 6.09 Å². The minimum atomic E-state index is -0.652. The fourth-order valence-electron chi connectivity index (χ4n) is 2.46. The number of benzene rings is 1. The van der Waals surface area contributed by atoms with Crippen LogP contribution >= 0.6 is 15.9 Å². The number of Topliss-reactive ketones (excluding diaryl/α,β-unsaturated/α-hetero) is 1. The minimum absolute atomic E-state index is 0.103. The molecule has 22 heavy (non-hydrogen) atoms. The van der Waals surface area contributed by atoms with Gasteiger partial charge in [-0.2, -0.15) is 0 Å². The molecule has 0 aromatic heterocycles. The first-order chi connectivity index (χ1) is 10.2. The fourth-order valence-corrected chi connectivity index (χ4v) is 2.93. The SMILES string of the molecule is CC(C)(C)OC(=O)N[C@H]1CCc2c(F)cc(Br)cc2CC1=O. The number of alkyl carbamates (subject to hydrolysis) is 1. The molecule has 1 aliphatic carbocycles. The Morgan fingerprint density at radius 1 is 1.41 bits per heavy atom. The highest BCUT2D eigenvalue weighted by atomic mass is 79.9. The van der Waals surface area contributed by atoms with Crippen LogP contribution in [0, 0.1) is 5.82 Å². The quantitative estimate of drug-likeness (QED) is 0.768. The smallest absolute Gasteiger partial charge is 0.408 e. The summed E-state index contributed by atoms with van der Waals surface area (Å²) in [5.41, 5.74) is 0.591. The Balaban J connectivity index is 2.11. The van der Waals surface area contributed by atoms with E-state index in [0.717, 1.165) is 0 Å². The molecular weight excluding hydrogens is 353 g/mol. The highest BCUT2D eigenvalue weighted by molar-refractivity contribution is 9.10. The molecule has 6 heteroatoms. The molecule has 0 bridgehead atoms. The Bertz CT molecular complexity index is 610. The van der Waals surface area contributed by atoms with Crippen molar-refractivity contribution in [3.8, 4) is 0 Å². The van der Waals surface area contributed by atoms with Crippen molar-refractivity contribution < 1.29 is 18.7 Å². The maximum absolute atomic E-state index is 14.0. The molecule has 1 aromatic rings. The Morgan fingerprint density at radius 2 is 2.09 bits per heavy atom. The van der Waals surface area contributed by atoms with Crippen LogP contribution in [-0.4, -0.2) is 23.5 Å². The van der Waals surface area contributed by atoms with E-state index in [1.54, 1.807) is 26.8 Å². The lowest BCUT2D eigenvalue weighted by atomic mass is 10.0. The van der Waals surface area contributed by atoms with Crippen molar-refractivity contribution in [2.75, 3.05) is 0 Å². The zero-order chi connectivity index (χ0) is 16.5. The number of hydrogen-bond acceptors (Lipinski definition) is 3. The highest BCUT2D eigenvalue weighted by Crippen LogP contribution is 2.26. The molecule has 4 nitrogen and oxygen atoms in total. The molecular formula is C16H19BrFNO3. The van der Waals surface area contributed by atoms with Crippen molar-refractivity contribution in [3.05, 3.63) is 33.5 Å². The predicted molar refractivity (Wildman–Crippen MR) is 84.3 cm³/mol. The molecule has 1 amide bonds. The van der Waals surface area contributed by atoms with Gasteiger partial charge < -0.3 is 10.1 Å². The number of amides is 1. The number of ether oxygens (including phenoxy) is 1. The summed E-state index contributed by atoms with van der Waals surface area (Å²) in [6.45, 7) is 5.26. The van der Waals surface area contributed by atoms with Gasteiger partial charge in [0.1, 0.15) is 11.4 Å². The molecule has 0 unspecified atom stereocenters. The Labute approximate surface area is 137 Å². The summed E-state index contributed by atoms with van der Waals surface area (Å²) in [6.07, 6.45) is 0.245. The van der Waals surface area contributed by atoms with E-state index >= 15 is 0 Å². The van der Waals surface area contributed by atoms with Crippen molar-refractivity contribution in [2.45, 2.75) is 51.7 Å². The third-order valence-electron chi connectivity index (χ3n) is 3.38. The van der Waals surface area contributed by atoms with Gasteiger partial charge in [-0.15, -0.1) is 0 Å². The van der Waals surface area contributed by atoms with Crippen molar-refractivity contribution in [2.24, 2.45) is 0 Å². The normalized spacial score (nSPS) is 18.4. The molecule has 0 fully saturated rings. The van der Waals surface area contributed by atoms with E-state index in [9.17, 15) is 14.0 Å². The average Bonchev–Trinajstić information content (AvgIpc) is 2.47. The minimum Gasteiger partial charge on any atom is -0.444 e. The van der Waals surface area contributed by atoms with E-state index in [2.05, 4.69) is 21.2 Å². The van der Waals surface area contributed by atoms with Gasteiger partial charge in [-0.3, -0.25) is 4.79 Å². The van der Waals surface area contributed by atoms with Crippen LogP contribution in [0.15, 0.2) is 16.6 Å². The second-order valence-corrected chi connectivity index (χ2v) is 7.32. The lowest BCUT2D eigenvalue weighted by Crippen LogP contribution is -2.43. The molecule has 1 aromatic carbocycles. The zero-order valence-corrected chi connectivity index (χ0v) is 14.4. The molecule has 0 heterocycles. The summed E-state index contributed by atoms with van der Waals surface area (Å²) in [5, 5.41) is 2.59. The van der Waals surface area contributed by atoms with Crippen LogP contribution < -0.4 is 5.32 Å². The number of fused-ring (bicyclic) bond motifs is 1. The second kappa shape index (κ2) is 6.36. The van der Waals surface area contributed by atoms with Gasteiger partial charge in [0.15, 0.2) is 5.78 Å². The number of halogens is 2. The van der Waals surface area contributed by atoms with E-state index in [1.807, 2.05) is 0 Å². The molecule has 0 aliphatic heterocycles. The van der Waals surface area contributed by atoms with Crippen LogP contribution in [0.5, 0.6) is 0 Å². The number of nitrogens with one attached hydrogen (secondary N) is 1. The van der Waals surface area contributed by atoms with E-state index < -0.39 is 17.7 Å². The molecule has 2 rings (SSSR count). The van der Waals surface area contributed by atoms with E-state index in [4.69, 9.17) is 4.74 Å². The van der Waals surface area contributed by atoms with Gasteiger partial charge in [0, 0.05) is 10.9 Å². The first-order valence-electron chi connectivity index (χ1n) is 7.15. The summed E-state index contributed by atoms with van der Waals surface area (Å²) >= 11 is 3.23. The van der Waals surface area contributed by atoms with Gasteiger partial charge in [-0.05, 0) is 56.9 Å².